The van der Waals surface area contributed by atoms with Crippen LogP contribution in [0.2, 0.25) is 0 Å². The molecular weight excluding hydrogens is 320 g/mol. The van der Waals surface area contributed by atoms with E-state index in [4.69, 9.17) is 4.55 Å². The van der Waals surface area contributed by atoms with Crippen LogP contribution in [0.1, 0.15) is 0 Å². The Morgan fingerprint density at radius 1 is 0.857 bits per heavy atom. The molecule has 7 nitrogen and oxygen atoms in total. The summed E-state index contributed by atoms with van der Waals surface area (Å²) in [6.45, 7) is 0. The number of hydrogen-bond donors (Lipinski definition) is 1. The van der Waals surface area contributed by atoms with Gasteiger partial charge in [-0.3, -0.25) is 12.9 Å². The van der Waals surface area contributed by atoms with Gasteiger partial charge in [0, 0.05) is 5.39 Å². The smallest absolute Gasteiger partial charge is 0.282 e. The highest BCUT2D eigenvalue weighted by molar-refractivity contribution is 7.86. The summed E-state index contributed by atoms with van der Waals surface area (Å²) < 4.78 is 58.5. The lowest BCUT2D eigenvalue weighted by atomic mass is 10.1. The summed E-state index contributed by atoms with van der Waals surface area (Å²) in [5.41, 5.74) is 0. The van der Waals surface area contributed by atoms with Gasteiger partial charge in [0.2, 0.25) is 0 Å². The third-order valence-corrected chi connectivity index (χ3v) is 4.16. The molecule has 0 spiro atoms. The zero-order chi connectivity index (χ0) is 16.1. The summed E-state index contributed by atoms with van der Waals surface area (Å²) in [5, 5.41) is 1.33. The van der Waals surface area contributed by atoms with Crippen molar-refractivity contribution in [2.45, 2.75) is 4.90 Å². The lowest BCUT2D eigenvalue weighted by molar-refractivity contribution is 0.286. The minimum absolute atomic E-state index is 0.0457. The minimum Gasteiger partial charge on any atom is -0.282 e. The molecule has 0 fully saturated rings. The van der Waals surface area contributed by atoms with Crippen molar-refractivity contribution < 1.29 is 29.8 Å². The van der Waals surface area contributed by atoms with E-state index in [0.29, 0.717) is 5.39 Å². The fraction of sp³-hybridized carbons (Fsp3) is 0.167. The van der Waals surface area contributed by atoms with Crippen molar-refractivity contribution in [3.05, 3.63) is 42.5 Å². The lowest BCUT2D eigenvalue weighted by Gasteiger charge is -2.02. The maximum Gasteiger partial charge on any atom is 0.399 e. The van der Waals surface area contributed by atoms with Gasteiger partial charge in [0.15, 0.2) is 0 Å². The van der Waals surface area contributed by atoms with Crippen LogP contribution in [-0.4, -0.2) is 35.6 Å². The minimum atomic E-state index is -4.13. The first-order valence-corrected chi connectivity index (χ1v) is 8.30. The molecule has 0 heterocycles. The maximum atomic E-state index is 11.0. The van der Waals surface area contributed by atoms with Crippen molar-refractivity contribution in [3.63, 3.8) is 0 Å². The van der Waals surface area contributed by atoms with Crippen LogP contribution >= 0.6 is 0 Å². The van der Waals surface area contributed by atoms with E-state index in [2.05, 4.69) is 8.37 Å². The SMILES string of the molecule is COS(=O)(=O)OC.O=S(=O)(O)c1cccc2ccccc12. The molecule has 0 saturated heterocycles. The van der Waals surface area contributed by atoms with Crippen molar-refractivity contribution in [1.29, 1.82) is 0 Å². The molecule has 0 amide bonds. The normalized spacial score (nSPS) is 11.8. The summed E-state index contributed by atoms with van der Waals surface area (Å²) in [5.74, 6) is 0. The van der Waals surface area contributed by atoms with E-state index in [0.717, 1.165) is 19.6 Å². The topological polar surface area (TPSA) is 107 Å². The molecule has 0 aliphatic rings. The molecule has 0 saturated carbocycles. The Kier molecular flexibility index (Phi) is 5.81. The second-order valence-corrected chi connectivity index (χ2v) is 6.57. The third-order valence-electron chi connectivity index (χ3n) is 2.44. The summed E-state index contributed by atoms with van der Waals surface area (Å²) in [4.78, 5) is -0.0457. The van der Waals surface area contributed by atoms with Crippen LogP contribution in [0.25, 0.3) is 10.8 Å². The second-order valence-electron chi connectivity index (χ2n) is 3.69. The molecule has 0 radical (unpaired) electrons. The Bertz CT molecular complexity index is 795. The van der Waals surface area contributed by atoms with E-state index in [9.17, 15) is 16.8 Å². The summed E-state index contributed by atoms with van der Waals surface area (Å²) in [6.07, 6.45) is 0. The first-order valence-electron chi connectivity index (χ1n) is 5.52. The van der Waals surface area contributed by atoms with Gasteiger partial charge >= 0.3 is 10.4 Å². The predicted octanol–water partition coefficient (Wildman–Crippen LogP) is 1.61. The molecule has 116 valence electrons. The number of benzene rings is 2. The van der Waals surface area contributed by atoms with E-state index in [1.54, 1.807) is 30.3 Å². The molecule has 0 aliphatic carbocycles. The summed E-state index contributed by atoms with van der Waals surface area (Å²) in [6, 6.07) is 11.8. The third kappa shape index (κ3) is 5.06. The van der Waals surface area contributed by atoms with Gasteiger partial charge in [0.05, 0.1) is 14.2 Å². The Morgan fingerprint density at radius 2 is 1.38 bits per heavy atom. The van der Waals surface area contributed by atoms with Gasteiger partial charge in [-0.15, -0.1) is 0 Å². The van der Waals surface area contributed by atoms with E-state index >= 15 is 0 Å². The maximum absolute atomic E-state index is 11.0. The molecule has 2 aromatic carbocycles. The molecule has 0 unspecified atom stereocenters. The van der Waals surface area contributed by atoms with Crippen LogP contribution in [0.3, 0.4) is 0 Å². The van der Waals surface area contributed by atoms with E-state index in [1.807, 2.05) is 6.07 Å². The molecule has 0 bridgehead atoms. The fourth-order valence-electron chi connectivity index (χ4n) is 1.49. The molecule has 1 N–H and O–H groups in total. The van der Waals surface area contributed by atoms with Crippen LogP contribution in [0.4, 0.5) is 0 Å². The summed E-state index contributed by atoms with van der Waals surface area (Å²) in [7, 11) is -5.73. The average molecular weight is 334 g/mol. The Labute approximate surface area is 123 Å². The van der Waals surface area contributed by atoms with Gasteiger partial charge in [0.1, 0.15) is 4.90 Å². The first-order chi connectivity index (χ1) is 9.71. The Balaban J connectivity index is 0.000000270. The van der Waals surface area contributed by atoms with Crippen LogP contribution in [0.5, 0.6) is 0 Å². The Hall–Kier alpha value is -1.52. The zero-order valence-electron chi connectivity index (χ0n) is 11.3. The van der Waals surface area contributed by atoms with Crippen LogP contribution < -0.4 is 0 Å². The zero-order valence-corrected chi connectivity index (χ0v) is 12.9. The Morgan fingerprint density at radius 3 is 1.86 bits per heavy atom. The van der Waals surface area contributed by atoms with E-state index in [1.165, 1.54) is 6.07 Å². The number of fused-ring (bicyclic) bond motifs is 1. The quantitative estimate of drug-likeness (QED) is 0.850. The predicted molar refractivity (Wildman–Crippen MR) is 76.7 cm³/mol. The highest BCUT2D eigenvalue weighted by atomic mass is 32.3. The molecule has 21 heavy (non-hydrogen) atoms. The van der Waals surface area contributed by atoms with Gasteiger partial charge in [-0.05, 0) is 11.5 Å². The molecule has 9 heteroatoms. The second kappa shape index (κ2) is 6.96. The van der Waals surface area contributed by atoms with Crippen LogP contribution in [0.15, 0.2) is 47.4 Å². The lowest BCUT2D eigenvalue weighted by Crippen LogP contribution is -2.02. The monoisotopic (exact) mass is 334 g/mol. The summed E-state index contributed by atoms with van der Waals surface area (Å²) >= 11 is 0. The highest BCUT2D eigenvalue weighted by Crippen LogP contribution is 2.21. The van der Waals surface area contributed by atoms with Crippen molar-refractivity contribution in [2.75, 3.05) is 14.2 Å². The van der Waals surface area contributed by atoms with Gasteiger partial charge in [-0.25, -0.2) is 0 Å². The average Bonchev–Trinajstić information content (AvgIpc) is 2.46. The van der Waals surface area contributed by atoms with Gasteiger partial charge in [0.25, 0.3) is 10.1 Å². The van der Waals surface area contributed by atoms with Crippen LogP contribution in [-0.2, 0) is 28.9 Å². The standard InChI is InChI=1S/C10H8O3S.C2H6O4S/c11-14(12,13)10-7-3-5-8-4-1-2-6-9(8)10;1-5-7(3,4)6-2/h1-7H,(H,11,12,13);1-2H3. The molecular formula is C12H14O7S2. The van der Waals surface area contributed by atoms with Crippen molar-refractivity contribution in [1.82, 2.24) is 0 Å². The molecule has 0 aliphatic heterocycles. The van der Waals surface area contributed by atoms with E-state index in [-0.39, 0.29) is 4.90 Å². The molecule has 0 aromatic heterocycles. The van der Waals surface area contributed by atoms with Crippen LogP contribution in [0, 0.1) is 0 Å². The van der Waals surface area contributed by atoms with Gasteiger partial charge < -0.3 is 0 Å². The van der Waals surface area contributed by atoms with Crippen molar-refractivity contribution in [3.8, 4) is 0 Å². The van der Waals surface area contributed by atoms with Gasteiger partial charge in [-0.2, -0.15) is 16.8 Å². The first kappa shape index (κ1) is 17.5. The molecule has 2 aromatic rings. The fourth-order valence-corrected chi connectivity index (χ4v) is 2.34. The van der Waals surface area contributed by atoms with Gasteiger partial charge in [-0.1, -0.05) is 36.4 Å². The number of hydrogen-bond acceptors (Lipinski definition) is 6. The van der Waals surface area contributed by atoms with Crippen molar-refractivity contribution in [2.24, 2.45) is 0 Å². The molecule has 2 rings (SSSR count). The largest absolute Gasteiger partial charge is 0.399 e. The number of rotatable bonds is 3. The highest BCUT2D eigenvalue weighted by Gasteiger charge is 2.12. The van der Waals surface area contributed by atoms with E-state index < -0.39 is 20.5 Å². The van der Waals surface area contributed by atoms with Crippen molar-refractivity contribution >= 4 is 31.3 Å². The molecule has 0 atom stereocenters.